The summed E-state index contributed by atoms with van der Waals surface area (Å²) in [6.07, 6.45) is 3.30. The molecular formula is C28H29N7O2. The maximum absolute atomic E-state index is 12.7. The molecule has 9 nitrogen and oxygen atoms in total. The van der Waals surface area contributed by atoms with Gasteiger partial charge in [-0.1, -0.05) is 42.5 Å². The van der Waals surface area contributed by atoms with E-state index in [1.54, 1.807) is 30.4 Å². The zero-order chi connectivity index (χ0) is 26.0. The van der Waals surface area contributed by atoms with Gasteiger partial charge in [0, 0.05) is 63.9 Å². The fourth-order valence-corrected chi connectivity index (χ4v) is 3.97. The number of nitrogens with zero attached hydrogens (tertiary/aromatic N) is 5. The highest BCUT2D eigenvalue weighted by molar-refractivity contribution is 5.92. The van der Waals surface area contributed by atoms with Gasteiger partial charge < -0.3 is 20.4 Å². The zero-order valence-corrected chi connectivity index (χ0v) is 20.7. The van der Waals surface area contributed by atoms with E-state index in [1.807, 2.05) is 47.4 Å². The molecule has 2 heterocycles. The SMILES string of the molecule is CC(=O)NCCNc1cc(N2CCN(C(=O)C=Cc3cccc(C#N)c3)CC2)nc(-c2ccccc2)n1. The van der Waals surface area contributed by atoms with E-state index >= 15 is 0 Å². The Morgan fingerprint density at radius 1 is 1.00 bits per heavy atom. The van der Waals surface area contributed by atoms with Crippen LogP contribution < -0.4 is 15.5 Å². The Labute approximate surface area is 216 Å². The van der Waals surface area contributed by atoms with E-state index in [0.717, 1.165) is 16.9 Å². The van der Waals surface area contributed by atoms with Crippen molar-refractivity contribution in [2.45, 2.75) is 6.92 Å². The monoisotopic (exact) mass is 495 g/mol. The summed E-state index contributed by atoms with van der Waals surface area (Å²) >= 11 is 0. The van der Waals surface area contributed by atoms with Crippen LogP contribution in [0.4, 0.5) is 11.6 Å². The Bertz CT molecular complexity index is 1310. The molecule has 2 N–H and O–H groups in total. The third-order valence-corrected chi connectivity index (χ3v) is 5.90. The Balaban J connectivity index is 1.43. The standard InChI is InChI=1S/C28H29N7O2/c1-21(36)30-12-13-31-25-19-26(33-28(32-25)24-8-3-2-4-9-24)34-14-16-35(17-15-34)27(37)11-10-22-6-5-7-23(18-22)20-29/h2-11,18-19H,12-17H2,1H3,(H,30,36)(H,31,32,33). The molecule has 0 spiro atoms. The Morgan fingerprint density at radius 2 is 1.78 bits per heavy atom. The highest BCUT2D eigenvalue weighted by atomic mass is 16.2. The first-order valence-electron chi connectivity index (χ1n) is 12.2. The number of carbonyl (C=O) groups is 2. The average Bonchev–Trinajstić information content (AvgIpc) is 2.94. The molecule has 9 heteroatoms. The van der Waals surface area contributed by atoms with Crippen LogP contribution in [0.15, 0.2) is 66.7 Å². The smallest absolute Gasteiger partial charge is 0.246 e. The highest BCUT2D eigenvalue weighted by Crippen LogP contribution is 2.23. The van der Waals surface area contributed by atoms with E-state index in [9.17, 15) is 9.59 Å². The topological polar surface area (TPSA) is 114 Å². The second kappa shape index (κ2) is 12.3. The van der Waals surface area contributed by atoms with Gasteiger partial charge in [0.1, 0.15) is 11.6 Å². The van der Waals surface area contributed by atoms with Crippen LogP contribution in [0.5, 0.6) is 0 Å². The molecule has 1 fully saturated rings. The molecule has 0 unspecified atom stereocenters. The van der Waals surface area contributed by atoms with Crippen molar-refractivity contribution in [2.24, 2.45) is 0 Å². The summed E-state index contributed by atoms with van der Waals surface area (Å²) in [7, 11) is 0. The normalized spacial score (nSPS) is 13.3. The molecule has 1 saturated heterocycles. The molecule has 1 aromatic heterocycles. The van der Waals surface area contributed by atoms with Crippen molar-refractivity contribution in [3.63, 3.8) is 0 Å². The lowest BCUT2D eigenvalue weighted by molar-refractivity contribution is -0.126. The van der Waals surface area contributed by atoms with E-state index in [2.05, 4.69) is 26.6 Å². The van der Waals surface area contributed by atoms with E-state index < -0.39 is 0 Å². The van der Waals surface area contributed by atoms with Crippen molar-refractivity contribution in [1.82, 2.24) is 20.2 Å². The van der Waals surface area contributed by atoms with Gasteiger partial charge in [-0.05, 0) is 23.8 Å². The van der Waals surface area contributed by atoms with E-state index in [0.29, 0.717) is 56.5 Å². The Kier molecular flexibility index (Phi) is 8.45. The summed E-state index contributed by atoms with van der Waals surface area (Å²) in [5.74, 6) is 1.94. The van der Waals surface area contributed by atoms with E-state index in [-0.39, 0.29) is 11.8 Å². The van der Waals surface area contributed by atoms with Crippen molar-refractivity contribution in [1.29, 1.82) is 5.26 Å². The van der Waals surface area contributed by atoms with Gasteiger partial charge in [0.15, 0.2) is 5.82 Å². The number of benzene rings is 2. The summed E-state index contributed by atoms with van der Waals surface area (Å²) < 4.78 is 0. The summed E-state index contributed by atoms with van der Waals surface area (Å²) in [5.41, 5.74) is 2.29. The number of rotatable bonds is 8. The number of piperazine rings is 1. The third-order valence-electron chi connectivity index (χ3n) is 5.90. The first-order valence-corrected chi connectivity index (χ1v) is 12.2. The Morgan fingerprint density at radius 3 is 2.51 bits per heavy atom. The molecule has 0 saturated carbocycles. The number of anilines is 2. The third kappa shape index (κ3) is 7.15. The lowest BCUT2D eigenvalue weighted by Gasteiger charge is -2.35. The largest absolute Gasteiger partial charge is 0.368 e. The van der Waals surface area contributed by atoms with Crippen LogP contribution in [0.3, 0.4) is 0 Å². The molecule has 0 atom stereocenters. The van der Waals surface area contributed by atoms with Gasteiger partial charge >= 0.3 is 0 Å². The van der Waals surface area contributed by atoms with Gasteiger partial charge in [0.25, 0.3) is 0 Å². The molecule has 4 rings (SSSR count). The quantitative estimate of drug-likeness (QED) is 0.365. The van der Waals surface area contributed by atoms with E-state index in [4.69, 9.17) is 10.2 Å². The predicted molar refractivity (Wildman–Crippen MR) is 144 cm³/mol. The summed E-state index contributed by atoms with van der Waals surface area (Å²) in [6, 6.07) is 20.9. The van der Waals surface area contributed by atoms with Crippen molar-refractivity contribution < 1.29 is 9.59 Å². The van der Waals surface area contributed by atoms with Crippen molar-refractivity contribution >= 4 is 29.5 Å². The van der Waals surface area contributed by atoms with Crippen molar-refractivity contribution in [2.75, 3.05) is 49.5 Å². The second-order valence-electron chi connectivity index (χ2n) is 8.59. The van der Waals surface area contributed by atoms with Crippen LogP contribution in [0, 0.1) is 11.3 Å². The molecule has 37 heavy (non-hydrogen) atoms. The van der Waals surface area contributed by atoms with Gasteiger partial charge in [-0.15, -0.1) is 0 Å². The zero-order valence-electron chi connectivity index (χ0n) is 20.7. The van der Waals surface area contributed by atoms with Gasteiger partial charge in [-0.3, -0.25) is 9.59 Å². The summed E-state index contributed by atoms with van der Waals surface area (Å²) in [4.78, 5) is 37.3. The number of aromatic nitrogens is 2. The average molecular weight is 496 g/mol. The number of hydrogen-bond acceptors (Lipinski definition) is 7. The number of hydrogen-bond donors (Lipinski definition) is 2. The highest BCUT2D eigenvalue weighted by Gasteiger charge is 2.22. The molecule has 188 valence electrons. The minimum atomic E-state index is -0.0758. The van der Waals surface area contributed by atoms with Crippen LogP contribution in [0.25, 0.3) is 17.5 Å². The van der Waals surface area contributed by atoms with Crippen LogP contribution in [-0.2, 0) is 9.59 Å². The minimum Gasteiger partial charge on any atom is -0.368 e. The first-order chi connectivity index (χ1) is 18.0. The molecule has 1 aliphatic heterocycles. The number of nitrogens with one attached hydrogen (secondary N) is 2. The van der Waals surface area contributed by atoms with Crippen molar-refractivity contribution in [3.8, 4) is 17.5 Å². The molecule has 0 bridgehead atoms. The Hall–Kier alpha value is -4.71. The van der Waals surface area contributed by atoms with Crippen LogP contribution >= 0.6 is 0 Å². The summed E-state index contributed by atoms with van der Waals surface area (Å²) in [5, 5.41) is 15.1. The van der Waals surface area contributed by atoms with E-state index in [1.165, 1.54) is 6.92 Å². The first kappa shape index (κ1) is 25.4. The van der Waals surface area contributed by atoms with Crippen LogP contribution in [0.1, 0.15) is 18.1 Å². The van der Waals surface area contributed by atoms with Gasteiger partial charge in [0.2, 0.25) is 11.8 Å². The second-order valence-corrected chi connectivity index (χ2v) is 8.59. The number of nitriles is 1. The van der Waals surface area contributed by atoms with Gasteiger partial charge in [-0.2, -0.15) is 5.26 Å². The molecule has 1 aliphatic rings. The maximum atomic E-state index is 12.7. The lowest BCUT2D eigenvalue weighted by atomic mass is 10.1. The molecule has 0 radical (unpaired) electrons. The fraction of sp³-hybridized carbons (Fsp3) is 0.250. The molecule has 2 aromatic carbocycles. The molecule has 0 aliphatic carbocycles. The van der Waals surface area contributed by atoms with Crippen LogP contribution in [-0.4, -0.2) is 66.0 Å². The minimum absolute atomic E-state index is 0.0602. The van der Waals surface area contributed by atoms with Crippen molar-refractivity contribution in [3.05, 3.63) is 77.9 Å². The molecule has 2 amide bonds. The molecule has 3 aromatic rings. The number of carbonyl (C=O) groups excluding carboxylic acids is 2. The predicted octanol–water partition coefficient (Wildman–Crippen LogP) is 2.93. The fourth-order valence-electron chi connectivity index (χ4n) is 3.97. The number of amides is 2. The lowest BCUT2D eigenvalue weighted by Crippen LogP contribution is -2.48. The van der Waals surface area contributed by atoms with Gasteiger partial charge in [-0.25, -0.2) is 9.97 Å². The van der Waals surface area contributed by atoms with Gasteiger partial charge in [0.05, 0.1) is 11.6 Å². The summed E-state index contributed by atoms with van der Waals surface area (Å²) in [6.45, 7) is 4.93. The molecular weight excluding hydrogens is 466 g/mol. The van der Waals surface area contributed by atoms with Crippen LogP contribution in [0.2, 0.25) is 0 Å². The maximum Gasteiger partial charge on any atom is 0.246 e.